The highest BCUT2D eigenvalue weighted by Gasteiger charge is 2.34. The Balaban J connectivity index is 1.72. The predicted octanol–water partition coefficient (Wildman–Crippen LogP) is 1.75. The number of nitriles is 1. The van der Waals surface area contributed by atoms with Gasteiger partial charge in [-0.25, -0.2) is 18.4 Å². The summed E-state index contributed by atoms with van der Waals surface area (Å²) in [5.41, 5.74) is 1.19. The van der Waals surface area contributed by atoms with E-state index >= 15 is 0 Å². The molecule has 0 aliphatic carbocycles. The third-order valence-corrected chi connectivity index (χ3v) is 6.01. The summed E-state index contributed by atoms with van der Waals surface area (Å²) >= 11 is 0. The predicted molar refractivity (Wildman–Crippen MR) is 90.4 cm³/mol. The molecule has 130 valence electrons. The molecule has 1 fully saturated rings. The lowest BCUT2D eigenvalue weighted by atomic mass is 10.2. The largest absolute Gasteiger partial charge is 0.471 e. The molecule has 0 bridgehead atoms. The number of nitrogens with zero attached hydrogens (tertiary/aromatic N) is 4. The summed E-state index contributed by atoms with van der Waals surface area (Å²) in [6.07, 6.45) is 3.90. The van der Waals surface area contributed by atoms with Gasteiger partial charge < -0.3 is 4.74 Å². The number of sulfonamides is 1. The molecule has 1 unspecified atom stereocenters. The minimum Gasteiger partial charge on any atom is -0.471 e. The Bertz CT molecular complexity index is 891. The van der Waals surface area contributed by atoms with E-state index in [1.165, 1.54) is 16.7 Å². The molecular weight excluding hydrogens is 340 g/mol. The first-order valence-corrected chi connectivity index (χ1v) is 9.45. The normalized spacial score (nSPS) is 18.0. The third kappa shape index (κ3) is 3.62. The highest BCUT2D eigenvalue weighted by molar-refractivity contribution is 7.89. The van der Waals surface area contributed by atoms with Crippen LogP contribution in [0.15, 0.2) is 41.6 Å². The van der Waals surface area contributed by atoms with Crippen LogP contribution in [-0.4, -0.2) is 41.9 Å². The van der Waals surface area contributed by atoms with Crippen molar-refractivity contribution in [3.8, 4) is 11.9 Å². The third-order valence-electron chi connectivity index (χ3n) is 4.13. The Morgan fingerprint density at radius 2 is 2.00 bits per heavy atom. The summed E-state index contributed by atoms with van der Waals surface area (Å²) in [4.78, 5) is 8.17. The Morgan fingerprint density at radius 3 is 2.68 bits per heavy atom. The second kappa shape index (κ2) is 7.17. The molecule has 1 saturated heterocycles. The summed E-state index contributed by atoms with van der Waals surface area (Å²) in [5, 5.41) is 9.03. The molecule has 7 nitrogen and oxygen atoms in total. The van der Waals surface area contributed by atoms with Crippen LogP contribution in [0, 0.1) is 11.3 Å². The quantitative estimate of drug-likeness (QED) is 0.808. The van der Waals surface area contributed by atoms with E-state index in [4.69, 9.17) is 10.00 Å². The van der Waals surface area contributed by atoms with Crippen molar-refractivity contribution in [2.75, 3.05) is 13.1 Å². The monoisotopic (exact) mass is 358 g/mol. The molecule has 1 aromatic heterocycles. The summed E-state index contributed by atoms with van der Waals surface area (Å²) in [7, 11) is -3.55. The number of aryl methyl sites for hydroxylation is 1. The first-order chi connectivity index (χ1) is 12.0. The van der Waals surface area contributed by atoms with Gasteiger partial charge in [-0.1, -0.05) is 19.1 Å². The first kappa shape index (κ1) is 17.3. The summed E-state index contributed by atoms with van der Waals surface area (Å²) in [6, 6.07) is 8.85. The van der Waals surface area contributed by atoms with E-state index in [-0.39, 0.29) is 29.1 Å². The zero-order valence-electron chi connectivity index (χ0n) is 13.8. The first-order valence-electron chi connectivity index (χ1n) is 8.01. The number of hydrogen-bond acceptors (Lipinski definition) is 6. The van der Waals surface area contributed by atoms with Crippen molar-refractivity contribution in [1.29, 1.82) is 5.26 Å². The van der Waals surface area contributed by atoms with E-state index < -0.39 is 10.0 Å². The molecule has 3 rings (SSSR count). The fourth-order valence-electron chi connectivity index (χ4n) is 2.70. The minimum atomic E-state index is -3.55. The molecule has 1 aliphatic heterocycles. The van der Waals surface area contributed by atoms with Crippen molar-refractivity contribution in [2.45, 2.75) is 30.8 Å². The van der Waals surface area contributed by atoms with Gasteiger partial charge in [0.05, 0.1) is 11.4 Å². The van der Waals surface area contributed by atoms with Crippen LogP contribution in [0.5, 0.6) is 5.88 Å². The number of ether oxygens (including phenoxy) is 1. The highest BCUT2D eigenvalue weighted by Crippen LogP contribution is 2.24. The molecule has 25 heavy (non-hydrogen) atoms. The SMILES string of the molecule is CCc1ccc(S(=O)(=O)N2CCC(Oc3nccnc3C#N)C2)cc1. The van der Waals surface area contributed by atoms with Crippen LogP contribution >= 0.6 is 0 Å². The van der Waals surface area contributed by atoms with Crippen LogP contribution in [0.1, 0.15) is 24.6 Å². The molecule has 0 spiro atoms. The fraction of sp³-hybridized carbons (Fsp3) is 0.353. The minimum absolute atomic E-state index is 0.0963. The Kier molecular flexibility index (Phi) is 4.97. The maximum Gasteiger partial charge on any atom is 0.251 e. The second-order valence-electron chi connectivity index (χ2n) is 5.71. The molecule has 2 aromatic rings. The number of rotatable bonds is 5. The summed E-state index contributed by atoms with van der Waals surface area (Å²) in [5.74, 6) is 0.140. The lowest BCUT2D eigenvalue weighted by Crippen LogP contribution is -2.31. The second-order valence-corrected chi connectivity index (χ2v) is 7.65. The molecule has 0 amide bonds. The van der Waals surface area contributed by atoms with Crippen molar-refractivity contribution >= 4 is 10.0 Å². The van der Waals surface area contributed by atoms with E-state index in [0.717, 1.165) is 12.0 Å². The molecule has 8 heteroatoms. The van der Waals surface area contributed by atoms with Crippen LogP contribution in [0.4, 0.5) is 0 Å². The molecular formula is C17H18N4O3S. The summed E-state index contributed by atoms with van der Waals surface area (Å²) < 4.78 is 32.6. The molecule has 1 aliphatic rings. The zero-order valence-corrected chi connectivity index (χ0v) is 14.6. The Morgan fingerprint density at radius 1 is 1.28 bits per heavy atom. The Hall–Kier alpha value is -2.50. The van der Waals surface area contributed by atoms with Crippen molar-refractivity contribution in [3.63, 3.8) is 0 Å². The molecule has 0 saturated carbocycles. The van der Waals surface area contributed by atoms with Gasteiger partial charge in [0.15, 0.2) is 0 Å². The van der Waals surface area contributed by atoms with Crippen LogP contribution in [-0.2, 0) is 16.4 Å². The number of benzene rings is 1. The maximum atomic E-state index is 12.7. The van der Waals surface area contributed by atoms with Gasteiger partial charge >= 0.3 is 0 Å². The van der Waals surface area contributed by atoms with Gasteiger partial charge in [0.1, 0.15) is 12.2 Å². The molecule has 0 N–H and O–H groups in total. The van der Waals surface area contributed by atoms with Gasteiger partial charge in [0.2, 0.25) is 15.7 Å². The van der Waals surface area contributed by atoms with Gasteiger partial charge in [-0.05, 0) is 30.5 Å². The van der Waals surface area contributed by atoms with Crippen molar-refractivity contribution in [3.05, 3.63) is 47.9 Å². The molecule has 0 radical (unpaired) electrons. The lowest BCUT2D eigenvalue weighted by molar-refractivity contribution is 0.205. The van der Waals surface area contributed by atoms with E-state index in [9.17, 15) is 8.42 Å². The lowest BCUT2D eigenvalue weighted by Gasteiger charge is -2.17. The van der Waals surface area contributed by atoms with Crippen LogP contribution in [0.2, 0.25) is 0 Å². The fourth-order valence-corrected chi connectivity index (χ4v) is 4.19. The zero-order chi connectivity index (χ0) is 17.9. The number of aromatic nitrogens is 2. The van der Waals surface area contributed by atoms with Gasteiger partial charge in [-0.2, -0.15) is 9.57 Å². The van der Waals surface area contributed by atoms with Crippen molar-refractivity contribution < 1.29 is 13.2 Å². The molecule has 2 heterocycles. The standard InChI is InChI=1S/C17H18N4O3S/c1-2-13-3-5-15(6-4-13)25(22,23)21-10-7-14(12-21)24-17-16(11-18)19-8-9-20-17/h3-6,8-9,14H,2,7,10,12H2,1H3. The maximum absolute atomic E-state index is 12.7. The topological polar surface area (TPSA) is 96.2 Å². The van der Waals surface area contributed by atoms with Crippen molar-refractivity contribution in [1.82, 2.24) is 14.3 Å². The van der Waals surface area contributed by atoms with E-state index in [1.807, 2.05) is 25.1 Å². The van der Waals surface area contributed by atoms with Crippen LogP contribution in [0.3, 0.4) is 0 Å². The van der Waals surface area contributed by atoms with Gasteiger partial charge in [0.25, 0.3) is 5.88 Å². The van der Waals surface area contributed by atoms with E-state index in [1.54, 1.807) is 12.1 Å². The number of hydrogen-bond donors (Lipinski definition) is 0. The molecule has 1 atom stereocenters. The van der Waals surface area contributed by atoms with E-state index in [2.05, 4.69) is 9.97 Å². The highest BCUT2D eigenvalue weighted by atomic mass is 32.2. The average Bonchev–Trinajstić information content (AvgIpc) is 3.11. The van der Waals surface area contributed by atoms with E-state index in [0.29, 0.717) is 13.0 Å². The van der Waals surface area contributed by atoms with Gasteiger partial charge in [-0.3, -0.25) is 0 Å². The van der Waals surface area contributed by atoms with Gasteiger partial charge in [-0.15, -0.1) is 0 Å². The average molecular weight is 358 g/mol. The Labute approximate surface area is 147 Å². The van der Waals surface area contributed by atoms with Crippen LogP contribution in [0.25, 0.3) is 0 Å². The van der Waals surface area contributed by atoms with Gasteiger partial charge in [0, 0.05) is 18.9 Å². The summed E-state index contributed by atoms with van der Waals surface area (Å²) in [6.45, 7) is 2.61. The van der Waals surface area contributed by atoms with Crippen molar-refractivity contribution in [2.24, 2.45) is 0 Å². The van der Waals surface area contributed by atoms with Crippen LogP contribution < -0.4 is 4.74 Å². The smallest absolute Gasteiger partial charge is 0.251 e. The molecule has 1 aromatic carbocycles.